The second-order valence-electron chi connectivity index (χ2n) is 9.53. The fourth-order valence-electron chi connectivity index (χ4n) is 3.85. The van der Waals surface area contributed by atoms with Gasteiger partial charge >= 0.3 is 24.3 Å². The van der Waals surface area contributed by atoms with Gasteiger partial charge in [0.25, 0.3) is 0 Å². The van der Waals surface area contributed by atoms with Crippen LogP contribution in [0.5, 0.6) is 5.75 Å². The molecule has 0 saturated carbocycles. The number of halogens is 6. The van der Waals surface area contributed by atoms with E-state index in [-0.39, 0.29) is 11.4 Å². The molecule has 17 heteroatoms. The summed E-state index contributed by atoms with van der Waals surface area (Å²) in [6, 6.07) is 23.0. The highest BCUT2D eigenvalue weighted by Gasteiger charge is 2.38. The van der Waals surface area contributed by atoms with E-state index < -0.39 is 34.3 Å². The van der Waals surface area contributed by atoms with Gasteiger partial charge in [-0.1, -0.05) is 36.4 Å². The van der Waals surface area contributed by atoms with E-state index in [9.17, 15) is 34.8 Å². The lowest BCUT2D eigenvalue weighted by atomic mass is 10.0. The normalized spacial score (nSPS) is 13.8. The van der Waals surface area contributed by atoms with Gasteiger partial charge in [0.15, 0.2) is 0 Å². The van der Waals surface area contributed by atoms with E-state index in [1.165, 1.54) is 5.56 Å². The fourth-order valence-corrected chi connectivity index (χ4v) is 4.87. The van der Waals surface area contributed by atoms with Gasteiger partial charge < -0.3 is 20.3 Å². The number of carbonyl (C=O) groups is 2. The minimum absolute atomic E-state index is 0.218. The maximum Gasteiger partial charge on any atom is 0.490 e. The highest BCUT2D eigenvalue weighted by Crippen LogP contribution is 2.23. The molecule has 0 amide bonds. The number of ether oxygens (including phenoxy) is 1. The summed E-state index contributed by atoms with van der Waals surface area (Å²) < 4.78 is 96.5. The van der Waals surface area contributed by atoms with Crippen LogP contribution < -0.4 is 14.8 Å². The summed E-state index contributed by atoms with van der Waals surface area (Å²) in [7, 11) is -2.05. The average Bonchev–Trinajstić information content (AvgIpc) is 3.00. The van der Waals surface area contributed by atoms with Crippen LogP contribution in [0.1, 0.15) is 11.1 Å². The van der Waals surface area contributed by atoms with Crippen molar-refractivity contribution < 1.29 is 59.3 Å². The summed E-state index contributed by atoms with van der Waals surface area (Å²) in [4.78, 5) is 20.5. The minimum Gasteiger partial charge on any atom is -0.497 e. The molecule has 252 valence electrons. The molecular weight excluding hydrogens is 648 g/mol. The summed E-state index contributed by atoms with van der Waals surface area (Å²) in [6.45, 7) is 5.37. The molecule has 0 aliphatic carbocycles. The molecule has 0 atom stereocenters. The van der Waals surface area contributed by atoms with E-state index in [2.05, 4.69) is 45.3 Å². The number of rotatable bonds is 8. The van der Waals surface area contributed by atoms with Gasteiger partial charge in [-0.3, -0.25) is 4.90 Å². The summed E-state index contributed by atoms with van der Waals surface area (Å²) in [6.07, 6.45) is -10.2. The molecule has 1 saturated heterocycles. The first-order chi connectivity index (χ1) is 21.4. The Morgan fingerprint density at radius 3 is 1.74 bits per heavy atom. The van der Waals surface area contributed by atoms with E-state index in [1.807, 2.05) is 18.2 Å². The lowest BCUT2D eigenvalue weighted by molar-refractivity contribution is -0.193. The predicted molar refractivity (Wildman–Crippen MR) is 154 cm³/mol. The standard InChI is InChI=1S/C25H29N3O3S.2C2HF3O2/c1-31-24-8-10-25(11-9-24)32(29,30)27-18-20-4-2-6-22(16-20)23-7-3-5-21(17-23)19-28-14-12-26-13-15-28;2*3-2(4,5)1(6)7/h2-11,16-17,26-27H,12-15,18-19H2,1H3;2*(H,6,7). The topological polar surface area (TPSA) is 145 Å². The molecule has 0 aromatic heterocycles. The number of nitrogens with zero attached hydrogens (tertiary/aromatic N) is 1. The van der Waals surface area contributed by atoms with Crippen molar-refractivity contribution in [2.45, 2.75) is 30.3 Å². The number of carboxylic acids is 2. The maximum absolute atomic E-state index is 12.6. The van der Waals surface area contributed by atoms with Crippen LogP contribution in [0.3, 0.4) is 0 Å². The van der Waals surface area contributed by atoms with Gasteiger partial charge in [-0.2, -0.15) is 26.3 Å². The molecule has 46 heavy (non-hydrogen) atoms. The number of sulfonamides is 1. The highest BCUT2D eigenvalue weighted by molar-refractivity contribution is 7.89. The molecule has 10 nitrogen and oxygen atoms in total. The second-order valence-corrected chi connectivity index (χ2v) is 11.3. The lowest BCUT2D eigenvalue weighted by Gasteiger charge is -2.27. The Morgan fingerprint density at radius 1 is 0.826 bits per heavy atom. The Morgan fingerprint density at radius 2 is 1.28 bits per heavy atom. The molecular formula is C29H31F6N3O7S. The summed E-state index contributed by atoms with van der Waals surface area (Å²) in [5.74, 6) is -4.89. The molecule has 0 unspecified atom stereocenters. The van der Waals surface area contributed by atoms with Crippen LogP contribution in [0.25, 0.3) is 11.1 Å². The predicted octanol–water partition coefficient (Wildman–Crippen LogP) is 4.51. The lowest BCUT2D eigenvalue weighted by Crippen LogP contribution is -2.42. The first-order valence-corrected chi connectivity index (χ1v) is 14.8. The smallest absolute Gasteiger partial charge is 0.490 e. The molecule has 0 bridgehead atoms. The number of aliphatic carboxylic acids is 2. The molecule has 3 aromatic rings. The number of piperazine rings is 1. The quantitative estimate of drug-likeness (QED) is 0.253. The van der Waals surface area contributed by atoms with Crippen LogP contribution in [0.4, 0.5) is 26.3 Å². The summed E-state index contributed by atoms with van der Waals surface area (Å²) in [5, 5.41) is 17.6. The number of methoxy groups -OCH3 is 1. The molecule has 4 rings (SSSR count). The first-order valence-electron chi connectivity index (χ1n) is 13.3. The Balaban J connectivity index is 0.000000440. The number of nitrogens with one attached hydrogen (secondary N) is 2. The Hall–Kier alpha value is -4.19. The molecule has 1 aliphatic heterocycles. The van der Waals surface area contributed by atoms with Gasteiger partial charge in [-0.15, -0.1) is 0 Å². The third-order valence-corrected chi connectivity index (χ3v) is 7.54. The Kier molecular flexibility index (Phi) is 14.0. The van der Waals surface area contributed by atoms with Crippen LogP contribution in [-0.2, 0) is 32.7 Å². The second kappa shape index (κ2) is 16.9. The zero-order chi connectivity index (χ0) is 34.5. The van der Waals surface area contributed by atoms with E-state index in [1.54, 1.807) is 31.4 Å². The summed E-state index contributed by atoms with van der Waals surface area (Å²) >= 11 is 0. The number of carboxylic acid groups (broad SMARTS) is 2. The van der Waals surface area contributed by atoms with Crippen LogP contribution >= 0.6 is 0 Å². The largest absolute Gasteiger partial charge is 0.497 e. The number of benzene rings is 3. The maximum atomic E-state index is 12.6. The first kappa shape index (κ1) is 38.0. The zero-order valence-corrected chi connectivity index (χ0v) is 25.0. The van der Waals surface area contributed by atoms with E-state index in [0.29, 0.717) is 5.75 Å². The Bertz CT molecular complexity index is 1520. The van der Waals surface area contributed by atoms with Gasteiger partial charge in [0, 0.05) is 39.3 Å². The third kappa shape index (κ3) is 13.0. The van der Waals surface area contributed by atoms with Crippen molar-refractivity contribution in [3.63, 3.8) is 0 Å². The number of hydrogen-bond acceptors (Lipinski definition) is 7. The van der Waals surface area contributed by atoms with Crippen LogP contribution in [0, 0.1) is 0 Å². The third-order valence-electron chi connectivity index (χ3n) is 6.12. The van der Waals surface area contributed by atoms with Crippen molar-refractivity contribution in [2.75, 3.05) is 33.3 Å². The van der Waals surface area contributed by atoms with Gasteiger partial charge in [0.2, 0.25) is 10.0 Å². The zero-order valence-electron chi connectivity index (χ0n) is 24.2. The highest BCUT2D eigenvalue weighted by atomic mass is 32.2. The Labute approximate surface area is 260 Å². The van der Waals surface area contributed by atoms with Crippen LogP contribution in [0.2, 0.25) is 0 Å². The van der Waals surface area contributed by atoms with E-state index in [4.69, 9.17) is 24.5 Å². The minimum atomic E-state index is -5.08. The number of hydrogen-bond donors (Lipinski definition) is 4. The average molecular weight is 680 g/mol. The van der Waals surface area contributed by atoms with Gasteiger partial charge in [-0.05, 0) is 58.7 Å². The van der Waals surface area contributed by atoms with Crippen molar-refractivity contribution in [1.29, 1.82) is 0 Å². The fraction of sp³-hybridized carbons (Fsp3) is 0.310. The molecule has 1 aliphatic rings. The van der Waals surface area contributed by atoms with Gasteiger partial charge in [0.1, 0.15) is 5.75 Å². The molecule has 3 aromatic carbocycles. The van der Waals surface area contributed by atoms with Crippen molar-refractivity contribution in [2.24, 2.45) is 0 Å². The van der Waals surface area contributed by atoms with Crippen LogP contribution in [0.15, 0.2) is 77.7 Å². The SMILES string of the molecule is COc1ccc(S(=O)(=O)NCc2cccc(-c3cccc(CN4CCNCC4)c3)c2)cc1.O=C(O)C(F)(F)F.O=C(O)C(F)(F)F. The molecule has 0 spiro atoms. The van der Waals surface area contributed by atoms with Crippen molar-refractivity contribution >= 4 is 22.0 Å². The van der Waals surface area contributed by atoms with Gasteiger partial charge in [0.05, 0.1) is 12.0 Å². The van der Waals surface area contributed by atoms with E-state index in [0.717, 1.165) is 49.4 Å². The molecule has 1 heterocycles. The van der Waals surface area contributed by atoms with Crippen LogP contribution in [-0.4, -0.2) is 81.1 Å². The van der Waals surface area contributed by atoms with Crippen molar-refractivity contribution in [1.82, 2.24) is 14.9 Å². The monoisotopic (exact) mass is 679 g/mol. The van der Waals surface area contributed by atoms with E-state index >= 15 is 0 Å². The van der Waals surface area contributed by atoms with Gasteiger partial charge in [-0.25, -0.2) is 22.7 Å². The van der Waals surface area contributed by atoms with Crippen molar-refractivity contribution in [3.05, 3.63) is 83.9 Å². The summed E-state index contributed by atoms with van der Waals surface area (Å²) in [5.41, 5.74) is 4.41. The molecule has 1 fully saturated rings. The van der Waals surface area contributed by atoms with Crippen molar-refractivity contribution in [3.8, 4) is 16.9 Å². The molecule has 4 N–H and O–H groups in total. The molecule has 0 radical (unpaired) electrons. The number of alkyl halides is 6.